The predicted octanol–water partition coefficient (Wildman–Crippen LogP) is 4.73. The Morgan fingerprint density at radius 3 is 2.61 bits per heavy atom. The van der Waals surface area contributed by atoms with Crippen LogP contribution in [0.1, 0.15) is 0 Å². The van der Waals surface area contributed by atoms with Gasteiger partial charge in [-0.2, -0.15) is 0 Å². The van der Waals surface area contributed by atoms with Gasteiger partial charge < -0.3 is 14.8 Å². The van der Waals surface area contributed by atoms with E-state index in [-0.39, 0.29) is 11.7 Å². The quantitative estimate of drug-likeness (QED) is 0.364. The van der Waals surface area contributed by atoms with Crippen LogP contribution in [-0.2, 0) is 4.79 Å². The normalized spacial score (nSPS) is 10.6. The largest absolute Gasteiger partial charge is 0.497 e. The number of hydrogen-bond acceptors (Lipinski definition) is 7. The minimum atomic E-state index is -0.213. The Bertz CT molecular complexity index is 1270. The molecular formula is C23H20ClN5O3S. The topological polar surface area (TPSA) is 91.2 Å². The van der Waals surface area contributed by atoms with Crippen LogP contribution in [0.3, 0.4) is 0 Å². The van der Waals surface area contributed by atoms with Gasteiger partial charge in [0.05, 0.1) is 31.3 Å². The Labute approximate surface area is 199 Å². The van der Waals surface area contributed by atoms with Crippen molar-refractivity contribution < 1.29 is 14.3 Å². The van der Waals surface area contributed by atoms with Gasteiger partial charge in [-0.3, -0.25) is 14.3 Å². The lowest BCUT2D eigenvalue weighted by atomic mass is 10.2. The zero-order valence-corrected chi connectivity index (χ0v) is 19.4. The molecule has 2 aromatic heterocycles. The zero-order valence-electron chi connectivity index (χ0n) is 17.9. The molecule has 4 aromatic rings. The molecule has 0 aliphatic carbocycles. The van der Waals surface area contributed by atoms with Crippen molar-refractivity contribution in [3.05, 3.63) is 72.0 Å². The predicted molar refractivity (Wildman–Crippen MR) is 128 cm³/mol. The van der Waals surface area contributed by atoms with Gasteiger partial charge >= 0.3 is 0 Å². The van der Waals surface area contributed by atoms with E-state index in [1.165, 1.54) is 18.9 Å². The summed E-state index contributed by atoms with van der Waals surface area (Å²) < 4.78 is 12.4. The Morgan fingerprint density at radius 1 is 1.06 bits per heavy atom. The second-order valence-electron chi connectivity index (χ2n) is 6.76. The number of pyridine rings is 1. The number of nitrogens with zero attached hydrogens (tertiary/aromatic N) is 4. The summed E-state index contributed by atoms with van der Waals surface area (Å²) in [6.45, 7) is 0. The average molecular weight is 482 g/mol. The van der Waals surface area contributed by atoms with Crippen LogP contribution in [0, 0.1) is 0 Å². The van der Waals surface area contributed by atoms with Gasteiger partial charge in [0, 0.05) is 29.0 Å². The van der Waals surface area contributed by atoms with Crippen molar-refractivity contribution >= 4 is 35.0 Å². The monoisotopic (exact) mass is 481 g/mol. The van der Waals surface area contributed by atoms with E-state index in [4.69, 9.17) is 21.1 Å². The highest BCUT2D eigenvalue weighted by molar-refractivity contribution is 7.99. The molecule has 0 bridgehead atoms. The van der Waals surface area contributed by atoms with E-state index >= 15 is 0 Å². The number of anilines is 1. The maximum atomic E-state index is 12.7. The van der Waals surface area contributed by atoms with E-state index in [0.29, 0.717) is 33.2 Å². The summed E-state index contributed by atoms with van der Waals surface area (Å²) in [5.74, 6) is 1.67. The van der Waals surface area contributed by atoms with Crippen molar-refractivity contribution in [2.24, 2.45) is 0 Å². The number of thioether (sulfide) groups is 1. The molecule has 0 unspecified atom stereocenters. The number of aromatic nitrogens is 4. The van der Waals surface area contributed by atoms with E-state index in [2.05, 4.69) is 20.5 Å². The van der Waals surface area contributed by atoms with Crippen molar-refractivity contribution in [1.29, 1.82) is 0 Å². The fraction of sp³-hybridized carbons (Fsp3) is 0.130. The smallest absolute Gasteiger partial charge is 0.234 e. The molecule has 168 valence electrons. The third-order valence-corrected chi connectivity index (χ3v) is 5.82. The third-order valence-electron chi connectivity index (χ3n) is 4.65. The molecule has 2 aromatic carbocycles. The maximum absolute atomic E-state index is 12.7. The summed E-state index contributed by atoms with van der Waals surface area (Å²) >= 11 is 7.49. The Morgan fingerprint density at radius 2 is 1.88 bits per heavy atom. The number of rotatable bonds is 8. The number of hydrogen-bond donors (Lipinski definition) is 1. The molecule has 8 nitrogen and oxygen atoms in total. The number of ether oxygens (including phenoxy) is 2. The van der Waals surface area contributed by atoms with E-state index in [1.807, 2.05) is 34.9 Å². The number of methoxy groups -OCH3 is 2. The van der Waals surface area contributed by atoms with E-state index < -0.39 is 0 Å². The minimum Gasteiger partial charge on any atom is -0.497 e. The van der Waals surface area contributed by atoms with Gasteiger partial charge in [0.1, 0.15) is 11.5 Å². The molecule has 0 aliphatic heterocycles. The highest BCUT2D eigenvalue weighted by Gasteiger charge is 2.18. The molecule has 0 atom stereocenters. The number of amides is 1. The van der Waals surface area contributed by atoms with Crippen molar-refractivity contribution in [3.63, 3.8) is 0 Å². The molecule has 1 N–H and O–H groups in total. The third kappa shape index (κ3) is 5.27. The van der Waals surface area contributed by atoms with Gasteiger partial charge in [-0.15, -0.1) is 10.2 Å². The first-order valence-corrected chi connectivity index (χ1v) is 11.2. The number of nitrogens with one attached hydrogen (secondary N) is 1. The molecule has 0 saturated heterocycles. The summed E-state index contributed by atoms with van der Waals surface area (Å²) in [6, 6.07) is 16.3. The molecule has 33 heavy (non-hydrogen) atoms. The second-order valence-corrected chi connectivity index (χ2v) is 8.14. The lowest BCUT2D eigenvalue weighted by Crippen LogP contribution is -2.15. The van der Waals surface area contributed by atoms with Crippen molar-refractivity contribution in [1.82, 2.24) is 19.7 Å². The second kappa shape index (κ2) is 10.4. The Balaban J connectivity index is 1.57. The molecule has 0 fully saturated rings. The first-order valence-electron chi connectivity index (χ1n) is 9.85. The number of benzene rings is 2. The average Bonchev–Trinajstić information content (AvgIpc) is 3.27. The highest BCUT2D eigenvalue weighted by atomic mass is 35.5. The van der Waals surface area contributed by atoms with Gasteiger partial charge in [-0.05, 0) is 42.5 Å². The van der Waals surface area contributed by atoms with E-state index in [1.54, 1.807) is 43.8 Å². The molecule has 4 rings (SSSR count). The number of carbonyl (C=O) groups excluding carboxylic acids is 1. The molecule has 10 heteroatoms. The summed E-state index contributed by atoms with van der Waals surface area (Å²) in [7, 11) is 3.10. The lowest BCUT2D eigenvalue weighted by Gasteiger charge is -2.12. The summed E-state index contributed by atoms with van der Waals surface area (Å²) in [4.78, 5) is 16.7. The zero-order chi connectivity index (χ0) is 23.2. The molecule has 0 aliphatic rings. The summed E-state index contributed by atoms with van der Waals surface area (Å²) in [5, 5.41) is 12.7. The van der Waals surface area contributed by atoms with Crippen LogP contribution in [0.15, 0.2) is 72.1 Å². The number of halogens is 1. The van der Waals surface area contributed by atoms with Crippen LogP contribution in [0.2, 0.25) is 5.02 Å². The van der Waals surface area contributed by atoms with Crippen molar-refractivity contribution in [3.8, 4) is 28.6 Å². The summed E-state index contributed by atoms with van der Waals surface area (Å²) in [5.41, 5.74) is 2.19. The molecule has 0 spiro atoms. The highest BCUT2D eigenvalue weighted by Crippen LogP contribution is 2.31. The SMILES string of the molecule is COc1ccc(NC(=O)CSc2nnc(-c3ccncc3)n2-c2cccc(Cl)c2)c(OC)c1. The van der Waals surface area contributed by atoms with Crippen LogP contribution < -0.4 is 14.8 Å². The first-order chi connectivity index (χ1) is 16.1. The van der Waals surface area contributed by atoms with Gasteiger partial charge in [-0.25, -0.2) is 0 Å². The Hall–Kier alpha value is -3.56. The Kier molecular flexibility index (Phi) is 7.11. The standard InChI is InChI=1S/C23H20ClN5O3S/c1-31-18-6-7-19(20(13-18)32-2)26-21(30)14-33-23-28-27-22(15-8-10-25-11-9-15)29(23)17-5-3-4-16(24)12-17/h3-13H,14H2,1-2H3,(H,26,30). The van der Waals surface area contributed by atoms with Gasteiger partial charge in [0.25, 0.3) is 0 Å². The minimum absolute atomic E-state index is 0.115. The molecule has 0 radical (unpaired) electrons. The van der Waals surface area contributed by atoms with E-state index in [9.17, 15) is 4.79 Å². The van der Waals surface area contributed by atoms with Crippen molar-refractivity contribution in [2.75, 3.05) is 25.3 Å². The van der Waals surface area contributed by atoms with Gasteiger partial charge in [-0.1, -0.05) is 29.4 Å². The number of carbonyl (C=O) groups is 1. The molecular weight excluding hydrogens is 462 g/mol. The fourth-order valence-electron chi connectivity index (χ4n) is 3.12. The van der Waals surface area contributed by atoms with Crippen LogP contribution in [-0.4, -0.2) is 45.6 Å². The lowest BCUT2D eigenvalue weighted by molar-refractivity contribution is -0.113. The van der Waals surface area contributed by atoms with Gasteiger partial charge in [0.2, 0.25) is 5.91 Å². The summed E-state index contributed by atoms with van der Waals surface area (Å²) in [6.07, 6.45) is 3.38. The van der Waals surface area contributed by atoms with Crippen LogP contribution in [0.5, 0.6) is 11.5 Å². The molecule has 0 saturated carbocycles. The molecule has 2 heterocycles. The van der Waals surface area contributed by atoms with Crippen LogP contribution in [0.25, 0.3) is 17.1 Å². The first kappa shape index (κ1) is 22.6. The van der Waals surface area contributed by atoms with Crippen LogP contribution >= 0.6 is 23.4 Å². The van der Waals surface area contributed by atoms with E-state index in [0.717, 1.165) is 11.3 Å². The van der Waals surface area contributed by atoms with Gasteiger partial charge in [0.15, 0.2) is 11.0 Å². The molecule has 1 amide bonds. The van der Waals surface area contributed by atoms with Crippen LogP contribution in [0.4, 0.5) is 5.69 Å². The van der Waals surface area contributed by atoms with Crippen molar-refractivity contribution in [2.45, 2.75) is 5.16 Å². The maximum Gasteiger partial charge on any atom is 0.234 e. The fourth-order valence-corrected chi connectivity index (χ4v) is 4.05.